The number of allylic oxidation sites excluding steroid dienone is 5. The quantitative estimate of drug-likeness (QED) is 0.455. The summed E-state index contributed by atoms with van der Waals surface area (Å²) >= 11 is 0. The van der Waals surface area contributed by atoms with Crippen LogP contribution in [0.15, 0.2) is 66.8 Å². The van der Waals surface area contributed by atoms with Gasteiger partial charge in [0.25, 0.3) is 0 Å². The van der Waals surface area contributed by atoms with Gasteiger partial charge in [0.15, 0.2) is 5.78 Å². The van der Waals surface area contributed by atoms with Crippen molar-refractivity contribution in [1.82, 2.24) is 0 Å². The Morgan fingerprint density at radius 3 is 2.70 bits per heavy atom. The summed E-state index contributed by atoms with van der Waals surface area (Å²) in [5.41, 5.74) is 1.20. The van der Waals surface area contributed by atoms with E-state index >= 15 is 0 Å². The molecule has 0 saturated carbocycles. The summed E-state index contributed by atoms with van der Waals surface area (Å²) in [5, 5.41) is 18.8. The minimum absolute atomic E-state index is 0.00699. The summed E-state index contributed by atoms with van der Waals surface area (Å²) in [7, 11) is 0. The number of unbranched alkanes of at least 4 members (excludes halogenated alkanes) is 1. The smallest absolute Gasteiger partial charge is 0.303 e. The van der Waals surface area contributed by atoms with Gasteiger partial charge in [-0.1, -0.05) is 60.7 Å². The monoisotopic (exact) mass is 368 g/mol. The second kappa shape index (κ2) is 11.3. The molecule has 1 aliphatic carbocycles. The van der Waals surface area contributed by atoms with E-state index in [1.165, 1.54) is 5.56 Å². The fraction of sp³-hybridized carbons (Fsp3) is 0.391. The zero-order valence-electron chi connectivity index (χ0n) is 15.5. The molecule has 4 nitrogen and oxygen atoms in total. The fourth-order valence-corrected chi connectivity index (χ4v) is 3.17. The molecule has 0 aliphatic heterocycles. The van der Waals surface area contributed by atoms with Crippen molar-refractivity contribution in [1.29, 1.82) is 0 Å². The standard InChI is InChI=1S/C23H28O4/c24-20(15-12-18-8-4-3-5-9-18)16-13-19-14-17-22(25)21(19)10-6-1-2-7-11-23(26)27/h1,3-6,8-9,13-14,16-17,19-21,24H,2,7,10-12,15H2,(H,26,27)/t19-,20-,21+/m0/s1. The molecule has 0 spiro atoms. The third-order valence-corrected chi connectivity index (χ3v) is 4.76. The van der Waals surface area contributed by atoms with Gasteiger partial charge in [-0.2, -0.15) is 0 Å². The van der Waals surface area contributed by atoms with Gasteiger partial charge in [0.2, 0.25) is 0 Å². The molecule has 0 amide bonds. The van der Waals surface area contributed by atoms with Gasteiger partial charge >= 0.3 is 5.97 Å². The number of carboxylic acid groups (broad SMARTS) is 1. The number of rotatable bonds is 11. The van der Waals surface area contributed by atoms with Crippen molar-refractivity contribution in [3.05, 3.63) is 72.4 Å². The summed E-state index contributed by atoms with van der Waals surface area (Å²) in [5.74, 6) is -0.793. The number of carboxylic acids is 1. The maximum Gasteiger partial charge on any atom is 0.303 e. The average molecular weight is 368 g/mol. The number of carbonyl (C=O) groups excluding carboxylic acids is 1. The van der Waals surface area contributed by atoms with Crippen LogP contribution in [0.5, 0.6) is 0 Å². The SMILES string of the molecule is O=C(O)CCCC=CC[C@H]1C(=O)C=C[C@@H]1C=C[C@@H](O)CCc1ccccc1. The van der Waals surface area contributed by atoms with E-state index in [9.17, 15) is 14.7 Å². The van der Waals surface area contributed by atoms with Gasteiger partial charge in [0, 0.05) is 18.3 Å². The second-order valence-electron chi connectivity index (χ2n) is 6.91. The van der Waals surface area contributed by atoms with Crippen molar-refractivity contribution in [3.8, 4) is 0 Å². The first-order valence-electron chi connectivity index (χ1n) is 9.55. The molecule has 0 bridgehead atoms. The molecule has 4 heteroatoms. The van der Waals surface area contributed by atoms with E-state index in [2.05, 4.69) is 0 Å². The Kier molecular flexibility index (Phi) is 8.72. The van der Waals surface area contributed by atoms with Crippen LogP contribution in [0.1, 0.15) is 37.7 Å². The van der Waals surface area contributed by atoms with E-state index < -0.39 is 12.1 Å². The van der Waals surface area contributed by atoms with E-state index in [4.69, 9.17) is 5.11 Å². The number of hydrogen-bond acceptors (Lipinski definition) is 3. The number of hydrogen-bond donors (Lipinski definition) is 2. The van der Waals surface area contributed by atoms with Crippen LogP contribution in [0.4, 0.5) is 0 Å². The Balaban J connectivity index is 1.76. The highest BCUT2D eigenvalue weighted by atomic mass is 16.4. The van der Waals surface area contributed by atoms with Crippen molar-refractivity contribution < 1.29 is 19.8 Å². The van der Waals surface area contributed by atoms with Gasteiger partial charge in [-0.05, 0) is 43.7 Å². The molecule has 1 aromatic rings. The molecule has 3 atom stereocenters. The summed E-state index contributed by atoms with van der Waals surface area (Å²) in [6.07, 6.45) is 14.2. The molecule has 0 saturated heterocycles. The molecular weight excluding hydrogens is 340 g/mol. The Hall–Kier alpha value is -2.46. The summed E-state index contributed by atoms with van der Waals surface area (Å²) < 4.78 is 0. The Labute approximate surface area is 160 Å². The van der Waals surface area contributed by atoms with Gasteiger partial charge < -0.3 is 10.2 Å². The van der Waals surface area contributed by atoms with Gasteiger partial charge in [-0.25, -0.2) is 0 Å². The first-order valence-corrected chi connectivity index (χ1v) is 9.55. The number of benzene rings is 1. The zero-order valence-corrected chi connectivity index (χ0v) is 15.5. The second-order valence-corrected chi connectivity index (χ2v) is 6.91. The first-order chi connectivity index (χ1) is 13.1. The number of carbonyl (C=O) groups is 2. The Morgan fingerprint density at radius 1 is 1.19 bits per heavy atom. The lowest BCUT2D eigenvalue weighted by Gasteiger charge is -2.13. The number of aryl methyl sites for hydroxylation is 1. The van der Waals surface area contributed by atoms with Crippen molar-refractivity contribution in [2.75, 3.05) is 0 Å². The van der Waals surface area contributed by atoms with E-state index in [0.29, 0.717) is 25.7 Å². The van der Waals surface area contributed by atoms with E-state index in [1.807, 2.05) is 54.6 Å². The Morgan fingerprint density at radius 2 is 1.96 bits per heavy atom. The van der Waals surface area contributed by atoms with Crippen molar-refractivity contribution in [3.63, 3.8) is 0 Å². The average Bonchev–Trinajstić information content (AvgIpc) is 3.01. The minimum atomic E-state index is -0.783. The van der Waals surface area contributed by atoms with Crippen LogP contribution in [0.25, 0.3) is 0 Å². The molecule has 1 aromatic carbocycles. The van der Waals surface area contributed by atoms with Crippen LogP contribution in [-0.4, -0.2) is 28.1 Å². The summed E-state index contributed by atoms with van der Waals surface area (Å²) in [4.78, 5) is 22.5. The topological polar surface area (TPSA) is 74.6 Å². The van der Waals surface area contributed by atoms with E-state index in [0.717, 1.165) is 6.42 Å². The predicted molar refractivity (Wildman–Crippen MR) is 106 cm³/mol. The maximum absolute atomic E-state index is 12.1. The predicted octanol–water partition coefficient (Wildman–Crippen LogP) is 4.11. The first kappa shape index (κ1) is 20.8. The molecule has 27 heavy (non-hydrogen) atoms. The molecule has 2 N–H and O–H groups in total. The fourth-order valence-electron chi connectivity index (χ4n) is 3.17. The van der Waals surface area contributed by atoms with Crippen molar-refractivity contribution >= 4 is 11.8 Å². The van der Waals surface area contributed by atoms with Crippen LogP contribution in [0.3, 0.4) is 0 Å². The molecule has 2 rings (SSSR count). The largest absolute Gasteiger partial charge is 0.481 e. The lowest BCUT2D eigenvalue weighted by molar-refractivity contribution is -0.137. The van der Waals surface area contributed by atoms with Gasteiger partial charge in [0.05, 0.1) is 6.10 Å². The molecule has 0 fully saturated rings. The summed E-state index contributed by atoms with van der Waals surface area (Å²) in [6, 6.07) is 10.1. The molecule has 0 unspecified atom stereocenters. The third-order valence-electron chi connectivity index (χ3n) is 4.76. The molecule has 1 aliphatic rings. The molecule has 0 heterocycles. The number of aliphatic carboxylic acids is 1. The molecular formula is C23H28O4. The highest BCUT2D eigenvalue weighted by molar-refractivity contribution is 5.95. The highest BCUT2D eigenvalue weighted by Gasteiger charge is 2.27. The maximum atomic E-state index is 12.1. The number of aliphatic hydroxyl groups excluding tert-OH is 1. The number of ketones is 1. The molecule has 144 valence electrons. The van der Waals surface area contributed by atoms with Crippen molar-refractivity contribution in [2.45, 2.75) is 44.6 Å². The van der Waals surface area contributed by atoms with Gasteiger partial charge in [-0.15, -0.1) is 0 Å². The van der Waals surface area contributed by atoms with Crippen molar-refractivity contribution in [2.24, 2.45) is 11.8 Å². The van der Waals surface area contributed by atoms with Crippen LogP contribution >= 0.6 is 0 Å². The Bertz CT molecular complexity index is 688. The van der Waals surface area contributed by atoms with Crippen LogP contribution in [-0.2, 0) is 16.0 Å². The molecule has 0 aromatic heterocycles. The number of aliphatic hydroxyl groups is 1. The zero-order chi connectivity index (χ0) is 19.5. The summed E-state index contributed by atoms with van der Waals surface area (Å²) in [6.45, 7) is 0. The highest BCUT2D eigenvalue weighted by Crippen LogP contribution is 2.27. The molecule has 0 radical (unpaired) electrons. The lowest BCUT2D eigenvalue weighted by Crippen LogP contribution is -2.14. The van der Waals surface area contributed by atoms with Crippen LogP contribution < -0.4 is 0 Å². The lowest BCUT2D eigenvalue weighted by atomic mass is 9.90. The van der Waals surface area contributed by atoms with Gasteiger partial charge in [0.1, 0.15) is 0 Å². The van der Waals surface area contributed by atoms with Crippen LogP contribution in [0, 0.1) is 11.8 Å². The van der Waals surface area contributed by atoms with Crippen LogP contribution in [0.2, 0.25) is 0 Å². The van der Waals surface area contributed by atoms with E-state index in [-0.39, 0.29) is 24.0 Å². The normalized spacial score (nSPS) is 20.7. The minimum Gasteiger partial charge on any atom is -0.481 e. The van der Waals surface area contributed by atoms with Gasteiger partial charge in [-0.3, -0.25) is 9.59 Å². The third kappa shape index (κ3) is 7.75. The van der Waals surface area contributed by atoms with E-state index in [1.54, 1.807) is 12.2 Å².